The lowest BCUT2D eigenvalue weighted by molar-refractivity contribution is 0.467. The van der Waals surface area contributed by atoms with Crippen LogP contribution in [0.5, 0.6) is 5.75 Å². The first-order chi connectivity index (χ1) is 8.16. The molecule has 0 saturated carbocycles. The molecule has 1 saturated heterocycles. The van der Waals surface area contributed by atoms with Gasteiger partial charge in [-0.15, -0.1) is 0 Å². The van der Waals surface area contributed by atoms with Gasteiger partial charge in [-0.05, 0) is 79.9 Å². The molecule has 1 atom stereocenters. The molecule has 1 fully saturated rings. The molecule has 1 aromatic carbocycles. The van der Waals surface area contributed by atoms with Crippen LogP contribution in [0.1, 0.15) is 12.0 Å². The van der Waals surface area contributed by atoms with E-state index < -0.39 is 0 Å². The molecule has 5 heteroatoms. The van der Waals surface area contributed by atoms with E-state index in [-0.39, 0.29) is 5.75 Å². The van der Waals surface area contributed by atoms with Crippen LogP contribution in [0, 0.1) is 5.92 Å². The molecule has 0 amide bonds. The molecule has 1 aliphatic rings. The highest BCUT2D eigenvalue weighted by atomic mass is 79.9. The average molecular weight is 381 g/mol. The Hall–Kier alpha value is 0.290. The summed E-state index contributed by atoms with van der Waals surface area (Å²) in [6, 6.07) is 3.91. The summed E-state index contributed by atoms with van der Waals surface area (Å²) >= 11 is 8.74. The zero-order valence-electron chi connectivity index (χ0n) is 9.38. The number of thioether (sulfide) groups is 1. The third-order valence-corrected chi connectivity index (χ3v) is 5.30. The van der Waals surface area contributed by atoms with E-state index in [1.54, 1.807) is 0 Å². The van der Waals surface area contributed by atoms with Crippen molar-refractivity contribution in [3.05, 3.63) is 26.6 Å². The molecule has 1 aromatic rings. The molecule has 0 bridgehead atoms. The van der Waals surface area contributed by atoms with E-state index in [0.717, 1.165) is 28.0 Å². The zero-order valence-corrected chi connectivity index (χ0v) is 13.4. The fraction of sp³-hybridized carbons (Fsp3) is 0.500. The van der Waals surface area contributed by atoms with Crippen molar-refractivity contribution < 1.29 is 5.11 Å². The van der Waals surface area contributed by atoms with Crippen LogP contribution >= 0.6 is 43.6 Å². The summed E-state index contributed by atoms with van der Waals surface area (Å²) < 4.78 is 1.47. The van der Waals surface area contributed by atoms with E-state index in [2.05, 4.69) is 37.2 Å². The first-order valence-electron chi connectivity index (χ1n) is 5.62. The van der Waals surface area contributed by atoms with Gasteiger partial charge in [0.05, 0.1) is 8.95 Å². The van der Waals surface area contributed by atoms with E-state index in [9.17, 15) is 5.11 Å². The highest BCUT2D eigenvalue weighted by Crippen LogP contribution is 2.33. The minimum absolute atomic E-state index is 0.265. The van der Waals surface area contributed by atoms with E-state index in [1.165, 1.54) is 23.5 Å². The highest BCUT2D eigenvalue weighted by Gasteiger charge is 2.14. The van der Waals surface area contributed by atoms with Gasteiger partial charge in [0.25, 0.3) is 0 Å². The van der Waals surface area contributed by atoms with Crippen molar-refractivity contribution in [3.8, 4) is 5.75 Å². The van der Waals surface area contributed by atoms with Crippen molar-refractivity contribution >= 4 is 43.6 Å². The molecule has 1 heterocycles. The van der Waals surface area contributed by atoms with Gasteiger partial charge in [-0.3, -0.25) is 0 Å². The number of rotatable bonds is 4. The summed E-state index contributed by atoms with van der Waals surface area (Å²) in [5.41, 5.74) is 1.17. The number of nitrogens with one attached hydrogen (secondary N) is 1. The maximum atomic E-state index is 9.61. The van der Waals surface area contributed by atoms with Crippen LogP contribution < -0.4 is 5.32 Å². The van der Waals surface area contributed by atoms with E-state index >= 15 is 0 Å². The molecule has 94 valence electrons. The topological polar surface area (TPSA) is 32.3 Å². The predicted octanol–water partition coefficient (Wildman–Crippen LogP) is 3.76. The predicted molar refractivity (Wildman–Crippen MR) is 80.6 cm³/mol. The lowest BCUT2D eigenvalue weighted by Crippen LogP contribution is -2.22. The van der Waals surface area contributed by atoms with Crippen molar-refractivity contribution in [2.75, 3.05) is 18.1 Å². The number of hydrogen-bond acceptors (Lipinski definition) is 3. The molecule has 17 heavy (non-hydrogen) atoms. The summed E-state index contributed by atoms with van der Waals surface area (Å²) in [5, 5.41) is 13.1. The highest BCUT2D eigenvalue weighted by molar-refractivity contribution is 9.11. The number of benzene rings is 1. The van der Waals surface area contributed by atoms with Crippen LogP contribution in [0.3, 0.4) is 0 Å². The monoisotopic (exact) mass is 379 g/mol. The Bertz CT molecular complexity index is 371. The Labute approximate surface area is 123 Å². The van der Waals surface area contributed by atoms with Gasteiger partial charge in [-0.1, -0.05) is 0 Å². The summed E-state index contributed by atoms with van der Waals surface area (Å²) in [6.07, 6.45) is 1.33. The molecule has 1 unspecified atom stereocenters. The van der Waals surface area contributed by atoms with Crippen LogP contribution in [0.25, 0.3) is 0 Å². The summed E-state index contributed by atoms with van der Waals surface area (Å²) in [4.78, 5) is 0. The molecule has 2 rings (SSSR count). The Morgan fingerprint density at radius 2 is 2.06 bits per heavy atom. The number of phenolic OH excluding ortho intramolecular Hbond substituents is 1. The van der Waals surface area contributed by atoms with Crippen molar-refractivity contribution in [2.24, 2.45) is 5.92 Å². The van der Waals surface area contributed by atoms with Gasteiger partial charge in [0.1, 0.15) is 5.75 Å². The minimum atomic E-state index is 0.265. The van der Waals surface area contributed by atoms with Crippen LogP contribution in [0.15, 0.2) is 21.1 Å². The van der Waals surface area contributed by atoms with Gasteiger partial charge in [0.15, 0.2) is 0 Å². The number of phenols is 1. The van der Waals surface area contributed by atoms with Gasteiger partial charge >= 0.3 is 0 Å². The summed E-state index contributed by atoms with van der Waals surface area (Å²) in [5.74, 6) is 3.68. The molecule has 0 aliphatic carbocycles. The molecule has 0 radical (unpaired) electrons. The quantitative estimate of drug-likeness (QED) is 0.833. The van der Waals surface area contributed by atoms with Crippen LogP contribution in [0.2, 0.25) is 0 Å². The van der Waals surface area contributed by atoms with Crippen molar-refractivity contribution in [2.45, 2.75) is 13.0 Å². The van der Waals surface area contributed by atoms with Crippen LogP contribution in [-0.4, -0.2) is 23.2 Å². The molecular formula is C12H15Br2NOS. The number of aromatic hydroxyl groups is 1. The van der Waals surface area contributed by atoms with Gasteiger partial charge in [-0.25, -0.2) is 0 Å². The maximum Gasteiger partial charge on any atom is 0.143 e. The zero-order chi connectivity index (χ0) is 12.3. The van der Waals surface area contributed by atoms with Gasteiger partial charge in [-0.2, -0.15) is 11.8 Å². The lowest BCUT2D eigenvalue weighted by Gasteiger charge is -2.11. The fourth-order valence-electron chi connectivity index (χ4n) is 1.89. The fourth-order valence-corrected chi connectivity index (χ4v) is 4.45. The van der Waals surface area contributed by atoms with Gasteiger partial charge < -0.3 is 10.4 Å². The Kier molecular flexibility index (Phi) is 5.21. The molecule has 2 N–H and O–H groups in total. The normalized spacial score (nSPS) is 19.8. The largest absolute Gasteiger partial charge is 0.506 e. The second kappa shape index (κ2) is 6.45. The molecule has 0 spiro atoms. The van der Waals surface area contributed by atoms with E-state index in [1.807, 2.05) is 23.9 Å². The third kappa shape index (κ3) is 3.88. The molecular weight excluding hydrogens is 366 g/mol. The second-order valence-electron chi connectivity index (χ2n) is 4.27. The minimum Gasteiger partial charge on any atom is -0.506 e. The summed E-state index contributed by atoms with van der Waals surface area (Å²) in [7, 11) is 0. The van der Waals surface area contributed by atoms with E-state index in [0.29, 0.717) is 0 Å². The van der Waals surface area contributed by atoms with Gasteiger partial charge in [0, 0.05) is 6.54 Å². The molecule has 2 nitrogen and oxygen atoms in total. The summed E-state index contributed by atoms with van der Waals surface area (Å²) in [6.45, 7) is 1.93. The maximum absolute atomic E-state index is 9.61. The van der Waals surface area contributed by atoms with Crippen molar-refractivity contribution in [3.63, 3.8) is 0 Å². The Morgan fingerprint density at radius 3 is 2.65 bits per heavy atom. The Morgan fingerprint density at radius 1 is 1.35 bits per heavy atom. The van der Waals surface area contributed by atoms with Crippen molar-refractivity contribution in [1.29, 1.82) is 0 Å². The van der Waals surface area contributed by atoms with Gasteiger partial charge in [0.2, 0.25) is 0 Å². The molecule has 1 aliphatic heterocycles. The Balaban J connectivity index is 1.86. The van der Waals surface area contributed by atoms with E-state index in [4.69, 9.17) is 0 Å². The lowest BCUT2D eigenvalue weighted by atomic mass is 10.1. The standard InChI is InChI=1S/C12H15Br2NOS/c13-10-3-9(4-11(14)12(10)16)6-15-5-8-1-2-17-7-8/h3-4,8,15-16H,1-2,5-7H2. The molecule has 0 aromatic heterocycles. The van der Waals surface area contributed by atoms with Crippen LogP contribution in [0.4, 0.5) is 0 Å². The second-order valence-corrected chi connectivity index (χ2v) is 7.13. The number of halogens is 2. The smallest absolute Gasteiger partial charge is 0.143 e. The SMILES string of the molecule is Oc1c(Br)cc(CNCC2CCSC2)cc1Br. The first kappa shape index (κ1) is 13.7. The number of hydrogen-bond donors (Lipinski definition) is 2. The average Bonchev–Trinajstić information content (AvgIpc) is 2.79. The first-order valence-corrected chi connectivity index (χ1v) is 8.36. The van der Waals surface area contributed by atoms with Crippen molar-refractivity contribution in [1.82, 2.24) is 5.32 Å². The van der Waals surface area contributed by atoms with Crippen LogP contribution in [-0.2, 0) is 6.54 Å². The third-order valence-electron chi connectivity index (χ3n) is 2.86.